The molecule has 116 valence electrons. The van der Waals surface area contributed by atoms with E-state index in [0.29, 0.717) is 0 Å². The molecule has 2 rings (SSSR count). The molecule has 0 saturated heterocycles. The monoisotopic (exact) mass is 313 g/mol. The van der Waals surface area contributed by atoms with Crippen molar-refractivity contribution in [3.63, 3.8) is 0 Å². The van der Waals surface area contributed by atoms with Crippen LogP contribution in [0.25, 0.3) is 0 Å². The maximum atomic E-state index is 12.6. The second kappa shape index (κ2) is 8.86. The zero-order chi connectivity index (χ0) is 15.8. The van der Waals surface area contributed by atoms with Gasteiger partial charge in [0.05, 0.1) is 0 Å². The lowest BCUT2D eigenvalue weighted by Gasteiger charge is -1.99. The van der Waals surface area contributed by atoms with Crippen molar-refractivity contribution in [1.29, 1.82) is 0 Å². The second-order valence-corrected chi connectivity index (χ2v) is 7.46. The minimum atomic E-state index is -1.47. The molecule has 0 radical (unpaired) electrons. The van der Waals surface area contributed by atoms with Crippen molar-refractivity contribution in [1.82, 2.24) is 0 Å². The average Bonchev–Trinajstić information content (AvgIpc) is 2.58. The first-order valence-electron chi connectivity index (χ1n) is 8.39. The number of unbranched alkanes of at least 4 members (excludes halogenated alkanes) is 2. The van der Waals surface area contributed by atoms with Crippen LogP contribution in [-0.4, -0.2) is 0 Å². The Balaban J connectivity index is 2.04. The molecule has 0 aliphatic rings. The molecule has 0 unspecified atom stereocenters. The molecule has 0 spiro atoms. The van der Waals surface area contributed by atoms with E-state index in [1.165, 1.54) is 36.8 Å². The Morgan fingerprint density at radius 2 is 1.05 bits per heavy atom. The van der Waals surface area contributed by atoms with Gasteiger partial charge in [-0.2, -0.15) is 0 Å². The summed E-state index contributed by atoms with van der Waals surface area (Å²) < 4.78 is 12.6. The van der Waals surface area contributed by atoms with Gasteiger partial charge in [0.25, 0.3) is 0 Å². The SMILES string of the molecule is CCCCc1ccc([P+](=O)c2ccc(CCCC)cc2)cc1. The molecule has 0 amide bonds. The molecule has 0 aromatic heterocycles. The molecule has 0 N–H and O–H groups in total. The van der Waals surface area contributed by atoms with E-state index in [4.69, 9.17) is 0 Å². The van der Waals surface area contributed by atoms with Gasteiger partial charge < -0.3 is 0 Å². The molecule has 2 aromatic rings. The van der Waals surface area contributed by atoms with Crippen LogP contribution in [0.15, 0.2) is 48.5 Å². The Labute approximate surface area is 135 Å². The summed E-state index contributed by atoms with van der Waals surface area (Å²) in [5, 5.41) is 1.85. The fraction of sp³-hybridized carbons (Fsp3) is 0.400. The van der Waals surface area contributed by atoms with Crippen molar-refractivity contribution in [3.8, 4) is 0 Å². The first kappa shape index (κ1) is 16.9. The van der Waals surface area contributed by atoms with Crippen LogP contribution in [0.5, 0.6) is 0 Å². The van der Waals surface area contributed by atoms with E-state index in [1.807, 2.05) is 24.3 Å². The largest absolute Gasteiger partial charge is 0.415 e. The fourth-order valence-corrected chi connectivity index (χ4v) is 3.64. The lowest BCUT2D eigenvalue weighted by atomic mass is 10.1. The second-order valence-electron chi connectivity index (χ2n) is 5.83. The summed E-state index contributed by atoms with van der Waals surface area (Å²) >= 11 is 0. The Bertz CT molecular complexity index is 531. The van der Waals surface area contributed by atoms with Gasteiger partial charge in [-0.3, -0.25) is 0 Å². The van der Waals surface area contributed by atoms with Gasteiger partial charge in [0.2, 0.25) is 0 Å². The number of hydrogen-bond donors (Lipinski definition) is 0. The third-order valence-electron chi connectivity index (χ3n) is 3.98. The molecule has 0 aliphatic heterocycles. The molecule has 0 atom stereocenters. The lowest BCUT2D eigenvalue weighted by Crippen LogP contribution is -2.07. The number of aryl methyl sites for hydroxylation is 2. The van der Waals surface area contributed by atoms with Gasteiger partial charge >= 0.3 is 7.80 Å². The topological polar surface area (TPSA) is 17.1 Å². The maximum absolute atomic E-state index is 12.6. The highest BCUT2D eigenvalue weighted by Crippen LogP contribution is 2.20. The van der Waals surface area contributed by atoms with Crippen LogP contribution in [0.3, 0.4) is 0 Å². The predicted molar refractivity (Wildman–Crippen MR) is 97.0 cm³/mol. The first-order chi connectivity index (χ1) is 10.7. The average molecular weight is 313 g/mol. The molecule has 0 fully saturated rings. The summed E-state index contributed by atoms with van der Waals surface area (Å²) in [7, 11) is -1.47. The quantitative estimate of drug-likeness (QED) is 0.616. The van der Waals surface area contributed by atoms with Crippen LogP contribution in [-0.2, 0) is 17.4 Å². The van der Waals surface area contributed by atoms with Crippen molar-refractivity contribution in [2.75, 3.05) is 0 Å². The van der Waals surface area contributed by atoms with Crippen LogP contribution in [0.2, 0.25) is 0 Å². The number of rotatable bonds is 8. The third-order valence-corrected chi connectivity index (χ3v) is 5.51. The zero-order valence-electron chi connectivity index (χ0n) is 13.7. The Morgan fingerprint density at radius 1 is 0.682 bits per heavy atom. The van der Waals surface area contributed by atoms with Gasteiger partial charge in [-0.25, -0.2) is 0 Å². The summed E-state index contributed by atoms with van der Waals surface area (Å²) in [6.45, 7) is 4.41. The molecule has 0 bridgehead atoms. The lowest BCUT2D eigenvalue weighted by molar-refractivity contribution is 0.598. The van der Waals surface area contributed by atoms with Gasteiger partial charge in [0.15, 0.2) is 10.6 Å². The highest BCUT2D eigenvalue weighted by atomic mass is 31.1. The smallest absolute Gasteiger partial charge is 0.0654 e. The van der Waals surface area contributed by atoms with Crippen molar-refractivity contribution < 1.29 is 4.57 Å². The molecule has 0 heterocycles. The summed E-state index contributed by atoms with van der Waals surface area (Å²) in [5.41, 5.74) is 2.67. The predicted octanol–water partition coefficient (Wildman–Crippen LogP) is 5.15. The van der Waals surface area contributed by atoms with Gasteiger partial charge in [-0.05, 0) is 61.1 Å². The third kappa shape index (κ3) is 4.78. The summed E-state index contributed by atoms with van der Waals surface area (Å²) in [6.07, 6.45) is 7.07. The summed E-state index contributed by atoms with van der Waals surface area (Å²) in [5.74, 6) is 0. The Kier molecular flexibility index (Phi) is 6.80. The van der Waals surface area contributed by atoms with Crippen molar-refractivity contribution >= 4 is 18.4 Å². The van der Waals surface area contributed by atoms with Crippen molar-refractivity contribution in [3.05, 3.63) is 59.7 Å². The molecule has 22 heavy (non-hydrogen) atoms. The summed E-state index contributed by atoms with van der Waals surface area (Å²) in [6, 6.07) is 16.6. The normalized spacial score (nSPS) is 10.6. The van der Waals surface area contributed by atoms with Crippen molar-refractivity contribution in [2.45, 2.75) is 52.4 Å². The molecule has 2 aromatic carbocycles. The minimum Gasteiger partial charge on any atom is -0.0654 e. The molecular weight excluding hydrogens is 287 g/mol. The molecule has 0 saturated carbocycles. The van der Waals surface area contributed by atoms with Crippen LogP contribution >= 0.6 is 7.80 Å². The number of benzene rings is 2. The van der Waals surface area contributed by atoms with E-state index in [2.05, 4.69) is 38.1 Å². The van der Waals surface area contributed by atoms with E-state index in [0.717, 1.165) is 23.5 Å². The van der Waals surface area contributed by atoms with Crippen LogP contribution in [0.4, 0.5) is 0 Å². The van der Waals surface area contributed by atoms with E-state index >= 15 is 0 Å². The standard InChI is InChI=1S/C20H26OP/c1-3-5-7-17-9-13-19(14-10-17)22(21)20-15-11-18(12-16-20)8-6-4-2/h9-16H,3-8H2,1-2H3/q+1. The minimum absolute atomic E-state index is 0.927. The maximum Gasteiger partial charge on any atom is 0.415 e. The van der Waals surface area contributed by atoms with E-state index in [1.54, 1.807) is 0 Å². The highest BCUT2D eigenvalue weighted by molar-refractivity contribution is 7.61. The van der Waals surface area contributed by atoms with Gasteiger partial charge in [0, 0.05) is 0 Å². The van der Waals surface area contributed by atoms with Gasteiger partial charge in [-0.1, -0.05) is 55.5 Å². The molecular formula is C20H26OP+. The van der Waals surface area contributed by atoms with Crippen LogP contribution < -0.4 is 10.6 Å². The molecule has 1 nitrogen and oxygen atoms in total. The summed E-state index contributed by atoms with van der Waals surface area (Å²) in [4.78, 5) is 0. The molecule has 0 aliphatic carbocycles. The molecule has 2 heteroatoms. The zero-order valence-corrected chi connectivity index (χ0v) is 14.6. The Hall–Kier alpha value is -1.46. The number of hydrogen-bond acceptors (Lipinski definition) is 1. The van der Waals surface area contributed by atoms with Crippen molar-refractivity contribution in [2.24, 2.45) is 0 Å². The van der Waals surface area contributed by atoms with Crippen LogP contribution in [0, 0.1) is 0 Å². The first-order valence-corrected chi connectivity index (χ1v) is 9.65. The van der Waals surface area contributed by atoms with E-state index < -0.39 is 7.80 Å². The Morgan fingerprint density at radius 3 is 1.36 bits per heavy atom. The van der Waals surface area contributed by atoms with E-state index in [-0.39, 0.29) is 0 Å². The van der Waals surface area contributed by atoms with Gasteiger partial charge in [0.1, 0.15) is 0 Å². The fourth-order valence-electron chi connectivity index (χ4n) is 2.51. The van der Waals surface area contributed by atoms with E-state index in [9.17, 15) is 4.57 Å². The van der Waals surface area contributed by atoms with Crippen LogP contribution in [0.1, 0.15) is 50.7 Å². The van der Waals surface area contributed by atoms with Gasteiger partial charge in [-0.15, -0.1) is 0 Å². The highest BCUT2D eigenvalue weighted by Gasteiger charge is 2.22.